The number of alkyl halides is 2. The molecule has 2 fully saturated rings. The molecule has 0 spiro atoms. The molecule has 0 aliphatic carbocycles. The highest BCUT2D eigenvalue weighted by atomic mass is 19.3. The molecule has 0 saturated carbocycles. The zero-order valence-electron chi connectivity index (χ0n) is 15.0. The minimum atomic E-state index is -2.82. The standard InChI is InChI=1S/C19H27F2N3O2/c20-19(21)26-17-7-5-15(6-8-17)12-22-18(25)14-23-9-3-4-16(13-23)24-10-1-2-11-24/h5-8,16,19H,1-4,9-14H2,(H,22,25). The van der Waals surface area contributed by atoms with E-state index in [0.29, 0.717) is 19.1 Å². The third-order valence-electron chi connectivity index (χ3n) is 5.14. The molecular formula is C19H27F2N3O2. The van der Waals surface area contributed by atoms with Gasteiger partial charge in [0.15, 0.2) is 0 Å². The highest BCUT2D eigenvalue weighted by Gasteiger charge is 2.27. The molecule has 2 aliphatic heterocycles. The number of carbonyl (C=O) groups is 1. The van der Waals surface area contributed by atoms with Gasteiger partial charge in [-0.05, 0) is 63.0 Å². The zero-order chi connectivity index (χ0) is 18.4. The number of halogens is 2. The second-order valence-corrected chi connectivity index (χ2v) is 7.07. The molecule has 1 aromatic carbocycles. The van der Waals surface area contributed by atoms with Crippen LogP contribution in [0.25, 0.3) is 0 Å². The van der Waals surface area contributed by atoms with Gasteiger partial charge in [0.25, 0.3) is 0 Å². The van der Waals surface area contributed by atoms with E-state index in [9.17, 15) is 13.6 Å². The summed E-state index contributed by atoms with van der Waals surface area (Å²) in [4.78, 5) is 17.0. The monoisotopic (exact) mass is 367 g/mol. The Balaban J connectivity index is 1.40. The van der Waals surface area contributed by atoms with Gasteiger partial charge < -0.3 is 10.1 Å². The minimum Gasteiger partial charge on any atom is -0.435 e. The van der Waals surface area contributed by atoms with Crippen molar-refractivity contribution in [2.45, 2.75) is 44.9 Å². The van der Waals surface area contributed by atoms with Crippen LogP contribution in [0.15, 0.2) is 24.3 Å². The highest BCUT2D eigenvalue weighted by molar-refractivity contribution is 5.78. The summed E-state index contributed by atoms with van der Waals surface area (Å²) in [5.41, 5.74) is 0.855. The number of hydrogen-bond donors (Lipinski definition) is 1. The summed E-state index contributed by atoms with van der Waals surface area (Å²) in [5, 5.41) is 2.91. The molecule has 2 heterocycles. The molecule has 144 valence electrons. The molecule has 0 aromatic heterocycles. The largest absolute Gasteiger partial charge is 0.435 e. The van der Waals surface area contributed by atoms with Crippen LogP contribution in [0, 0.1) is 0 Å². The smallest absolute Gasteiger partial charge is 0.387 e. The number of likely N-dealkylation sites (tertiary alicyclic amines) is 2. The third-order valence-corrected chi connectivity index (χ3v) is 5.14. The van der Waals surface area contributed by atoms with Crippen molar-refractivity contribution in [3.05, 3.63) is 29.8 Å². The summed E-state index contributed by atoms with van der Waals surface area (Å²) < 4.78 is 28.6. The van der Waals surface area contributed by atoms with Gasteiger partial charge in [0.1, 0.15) is 5.75 Å². The van der Waals surface area contributed by atoms with E-state index in [1.165, 1.54) is 44.5 Å². The van der Waals surface area contributed by atoms with E-state index in [1.807, 2.05) is 0 Å². The fraction of sp³-hybridized carbons (Fsp3) is 0.632. The van der Waals surface area contributed by atoms with Gasteiger partial charge in [-0.2, -0.15) is 8.78 Å². The third kappa shape index (κ3) is 5.64. The SMILES string of the molecule is O=C(CN1CCCC(N2CCCC2)C1)NCc1ccc(OC(F)F)cc1. The first kappa shape index (κ1) is 19.0. The van der Waals surface area contributed by atoms with Gasteiger partial charge in [-0.1, -0.05) is 12.1 Å². The van der Waals surface area contributed by atoms with Crippen LogP contribution in [0.5, 0.6) is 5.75 Å². The Hall–Kier alpha value is -1.73. The van der Waals surface area contributed by atoms with Crippen molar-refractivity contribution in [3.8, 4) is 5.75 Å². The van der Waals surface area contributed by atoms with Crippen LogP contribution in [0.2, 0.25) is 0 Å². The van der Waals surface area contributed by atoms with Crippen LogP contribution in [0.3, 0.4) is 0 Å². The maximum atomic E-state index is 12.2. The lowest BCUT2D eigenvalue weighted by Gasteiger charge is -2.37. The van der Waals surface area contributed by atoms with Gasteiger partial charge in [0, 0.05) is 19.1 Å². The Morgan fingerprint density at radius 3 is 2.58 bits per heavy atom. The molecule has 1 N–H and O–H groups in total. The van der Waals surface area contributed by atoms with E-state index >= 15 is 0 Å². The van der Waals surface area contributed by atoms with Gasteiger partial charge in [0.2, 0.25) is 5.91 Å². The van der Waals surface area contributed by atoms with E-state index < -0.39 is 6.61 Å². The quantitative estimate of drug-likeness (QED) is 0.804. The summed E-state index contributed by atoms with van der Waals surface area (Å²) in [6.45, 7) is 2.29. The predicted octanol–water partition coefficient (Wildman–Crippen LogP) is 2.46. The van der Waals surface area contributed by atoms with Crippen molar-refractivity contribution in [3.63, 3.8) is 0 Å². The number of amides is 1. The first-order valence-corrected chi connectivity index (χ1v) is 9.37. The van der Waals surface area contributed by atoms with E-state index in [4.69, 9.17) is 0 Å². The first-order chi connectivity index (χ1) is 12.6. The summed E-state index contributed by atoms with van der Waals surface area (Å²) in [6, 6.07) is 6.92. The van der Waals surface area contributed by atoms with Crippen LogP contribution in [0.1, 0.15) is 31.2 Å². The Labute approximate surface area is 153 Å². The molecule has 1 amide bonds. The van der Waals surface area contributed by atoms with Crippen LogP contribution in [-0.2, 0) is 11.3 Å². The number of ether oxygens (including phenoxy) is 1. The number of nitrogens with zero attached hydrogens (tertiary/aromatic N) is 2. The van der Waals surface area contributed by atoms with Crippen molar-refractivity contribution in [2.75, 3.05) is 32.7 Å². The van der Waals surface area contributed by atoms with E-state index in [0.717, 1.165) is 25.1 Å². The van der Waals surface area contributed by atoms with Gasteiger partial charge in [-0.25, -0.2) is 0 Å². The van der Waals surface area contributed by atoms with E-state index in [2.05, 4.69) is 19.9 Å². The topological polar surface area (TPSA) is 44.8 Å². The molecule has 5 nitrogen and oxygen atoms in total. The summed E-state index contributed by atoms with van der Waals surface area (Å²) in [7, 11) is 0. The fourth-order valence-electron chi connectivity index (χ4n) is 3.83. The number of hydrogen-bond acceptors (Lipinski definition) is 4. The molecule has 26 heavy (non-hydrogen) atoms. The lowest BCUT2D eigenvalue weighted by atomic mass is 10.0. The van der Waals surface area contributed by atoms with Crippen LogP contribution < -0.4 is 10.1 Å². The Morgan fingerprint density at radius 1 is 1.15 bits per heavy atom. The molecule has 2 aliphatic rings. The lowest BCUT2D eigenvalue weighted by molar-refractivity contribution is -0.122. The van der Waals surface area contributed by atoms with Crippen LogP contribution in [0.4, 0.5) is 8.78 Å². The van der Waals surface area contributed by atoms with Gasteiger partial charge >= 0.3 is 6.61 Å². The lowest BCUT2D eigenvalue weighted by Crippen LogP contribution is -2.49. The Kier molecular flexibility index (Phi) is 6.80. The van der Waals surface area contributed by atoms with Crippen molar-refractivity contribution in [1.82, 2.24) is 15.1 Å². The molecule has 1 aromatic rings. The molecule has 2 saturated heterocycles. The van der Waals surface area contributed by atoms with Crippen molar-refractivity contribution < 1.29 is 18.3 Å². The molecular weight excluding hydrogens is 340 g/mol. The van der Waals surface area contributed by atoms with Gasteiger partial charge in [-0.3, -0.25) is 14.6 Å². The molecule has 7 heteroatoms. The molecule has 0 bridgehead atoms. The van der Waals surface area contributed by atoms with E-state index in [-0.39, 0.29) is 11.7 Å². The molecule has 1 atom stereocenters. The van der Waals surface area contributed by atoms with Crippen molar-refractivity contribution in [2.24, 2.45) is 0 Å². The normalized spacial score (nSPS) is 21.9. The van der Waals surface area contributed by atoms with Crippen LogP contribution >= 0.6 is 0 Å². The Bertz CT molecular complexity index is 577. The number of carbonyl (C=O) groups excluding carboxylic acids is 1. The number of rotatable bonds is 7. The van der Waals surface area contributed by atoms with Crippen molar-refractivity contribution >= 4 is 5.91 Å². The minimum absolute atomic E-state index is 0.0000196. The summed E-state index contributed by atoms with van der Waals surface area (Å²) in [6.07, 6.45) is 4.95. The predicted molar refractivity (Wildman–Crippen MR) is 95.2 cm³/mol. The average Bonchev–Trinajstić information content (AvgIpc) is 3.16. The average molecular weight is 367 g/mol. The summed E-state index contributed by atoms with van der Waals surface area (Å²) in [5.74, 6) is 0.122. The van der Waals surface area contributed by atoms with E-state index in [1.54, 1.807) is 12.1 Å². The van der Waals surface area contributed by atoms with Gasteiger partial charge in [0.05, 0.1) is 6.54 Å². The first-order valence-electron chi connectivity index (χ1n) is 9.37. The highest BCUT2D eigenvalue weighted by Crippen LogP contribution is 2.20. The maximum absolute atomic E-state index is 12.2. The van der Waals surface area contributed by atoms with Gasteiger partial charge in [-0.15, -0.1) is 0 Å². The summed E-state index contributed by atoms with van der Waals surface area (Å²) >= 11 is 0. The number of nitrogens with one attached hydrogen (secondary N) is 1. The Morgan fingerprint density at radius 2 is 1.88 bits per heavy atom. The second-order valence-electron chi connectivity index (χ2n) is 7.07. The second kappa shape index (κ2) is 9.28. The van der Waals surface area contributed by atoms with Crippen LogP contribution in [-0.4, -0.2) is 61.1 Å². The number of benzene rings is 1. The maximum Gasteiger partial charge on any atom is 0.387 e. The van der Waals surface area contributed by atoms with Crippen molar-refractivity contribution in [1.29, 1.82) is 0 Å². The molecule has 3 rings (SSSR count). The molecule has 1 unspecified atom stereocenters. The number of piperidine rings is 1. The fourth-order valence-corrected chi connectivity index (χ4v) is 3.83. The molecule has 0 radical (unpaired) electrons. The zero-order valence-corrected chi connectivity index (χ0v) is 15.0.